The number of aliphatic hydroxyl groups is 8. The van der Waals surface area contributed by atoms with E-state index in [9.17, 15) is 19.2 Å². The van der Waals surface area contributed by atoms with Crippen LogP contribution in [0.5, 0.6) is 0 Å². The van der Waals surface area contributed by atoms with E-state index in [1.165, 1.54) is 20.8 Å². The third kappa shape index (κ3) is 23.7. The predicted molar refractivity (Wildman–Crippen MR) is 96.7 cm³/mol. The molecule has 3 unspecified atom stereocenters. The summed E-state index contributed by atoms with van der Waals surface area (Å²) >= 11 is 0. The van der Waals surface area contributed by atoms with Crippen LogP contribution in [0.25, 0.3) is 0 Å². The summed E-state index contributed by atoms with van der Waals surface area (Å²) in [6.45, 7) is 2.75. The number of rotatable bonds is 8. The smallest absolute Gasteiger partial charge is 0.335 e. The van der Waals surface area contributed by atoms with E-state index >= 15 is 0 Å². The summed E-state index contributed by atoms with van der Waals surface area (Å²) in [5, 5.41) is 99.1. The Kier molecular flexibility index (Phi) is 22.6. The third-order valence-electron chi connectivity index (χ3n) is 2.58. The minimum Gasteiger partial charge on any atom is -0.479 e. The molecule has 0 aliphatic rings. The lowest BCUT2D eigenvalue weighted by Crippen LogP contribution is -2.48. The topological polar surface area (TPSA) is 311 Å². The van der Waals surface area contributed by atoms with Crippen LogP contribution in [-0.2, 0) is 19.2 Å². The molecule has 0 aliphatic heterocycles. The molecule has 0 amide bonds. The standard InChI is InChI=1S/C6H12O7.3C3H6O3/c7-1-2(8)3(9)4(10)5(11)6(12)13;3*1-2(4)3(5)6/h2-5,7-11H,1H2,(H,12,13);3*2,4H,1H3,(H,5,6)/t2-,3-,4+,5-;;;/m1.../s1. The molecule has 0 rings (SSSR count). The van der Waals surface area contributed by atoms with Gasteiger partial charge in [0.05, 0.1) is 6.61 Å². The molecule has 7 atom stereocenters. The van der Waals surface area contributed by atoms with Gasteiger partial charge in [-0.1, -0.05) is 0 Å². The number of carboxylic acid groups (broad SMARTS) is 4. The zero-order valence-corrected chi connectivity index (χ0v) is 16.7. The Balaban J connectivity index is -0.000000171. The zero-order valence-electron chi connectivity index (χ0n) is 16.7. The molecule has 0 aromatic carbocycles. The van der Waals surface area contributed by atoms with E-state index < -0.39 is 73.2 Å². The number of aliphatic hydroxyl groups excluding tert-OH is 8. The van der Waals surface area contributed by atoms with Crippen molar-refractivity contribution in [2.75, 3.05) is 6.61 Å². The highest BCUT2D eigenvalue weighted by atomic mass is 16.4. The van der Waals surface area contributed by atoms with Gasteiger partial charge >= 0.3 is 23.9 Å². The summed E-state index contributed by atoms with van der Waals surface area (Å²) in [5.41, 5.74) is 0. The average molecular weight is 466 g/mol. The van der Waals surface area contributed by atoms with E-state index in [2.05, 4.69) is 0 Å². The molecule has 12 N–H and O–H groups in total. The molecule has 0 saturated carbocycles. The van der Waals surface area contributed by atoms with Crippen LogP contribution in [0.15, 0.2) is 0 Å². The second-order valence-corrected chi connectivity index (χ2v) is 5.56. The van der Waals surface area contributed by atoms with Crippen molar-refractivity contribution in [1.29, 1.82) is 0 Å². The highest BCUT2D eigenvalue weighted by Gasteiger charge is 2.33. The SMILES string of the molecule is CC(O)C(=O)O.CC(O)C(=O)O.CC(O)C(=O)O.O=C(O)[C@H](O)[C@@H](O)[C@H](O)[C@H](O)CO. The van der Waals surface area contributed by atoms with Crippen molar-refractivity contribution < 1.29 is 80.5 Å². The van der Waals surface area contributed by atoms with E-state index in [0.29, 0.717) is 0 Å². The minimum atomic E-state index is -2.20. The highest BCUT2D eigenvalue weighted by Crippen LogP contribution is 2.04. The van der Waals surface area contributed by atoms with Crippen LogP contribution in [0.3, 0.4) is 0 Å². The average Bonchev–Trinajstić information content (AvgIpc) is 2.66. The molecule has 0 aromatic rings. The van der Waals surface area contributed by atoms with E-state index in [1.54, 1.807) is 0 Å². The number of hydrogen-bond donors (Lipinski definition) is 12. The van der Waals surface area contributed by atoms with E-state index in [1.807, 2.05) is 0 Å². The summed E-state index contributed by atoms with van der Waals surface area (Å²) in [6.07, 6.45) is -11.5. The highest BCUT2D eigenvalue weighted by molar-refractivity contribution is 5.73. The van der Waals surface area contributed by atoms with E-state index in [0.717, 1.165) is 0 Å². The first-order valence-corrected chi connectivity index (χ1v) is 8.13. The van der Waals surface area contributed by atoms with Gasteiger partial charge < -0.3 is 61.3 Å². The van der Waals surface area contributed by atoms with Gasteiger partial charge in [0, 0.05) is 0 Å². The van der Waals surface area contributed by atoms with Crippen molar-refractivity contribution in [3.63, 3.8) is 0 Å². The van der Waals surface area contributed by atoms with Crippen LogP contribution in [0.4, 0.5) is 0 Å². The Bertz CT molecular complexity index is 474. The summed E-state index contributed by atoms with van der Waals surface area (Å²) in [4.78, 5) is 38.4. The molecule has 0 aromatic heterocycles. The fraction of sp³-hybridized carbons (Fsp3) is 0.733. The predicted octanol–water partition coefficient (Wildman–Crippen LogP) is -5.14. The van der Waals surface area contributed by atoms with Gasteiger partial charge in [-0.3, -0.25) is 0 Å². The van der Waals surface area contributed by atoms with Gasteiger partial charge in [-0.25, -0.2) is 19.2 Å². The second-order valence-electron chi connectivity index (χ2n) is 5.56. The Morgan fingerprint density at radius 3 is 0.903 bits per heavy atom. The van der Waals surface area contributed by atoms with Gasteiger partial charge in [0.1, 0.15) is 36.6 Å². The van der Waals surface area contributed by atoms with Crippen LogP contribution in [0.1, 0.15) is 20.8 Å². The molecule has 0 fully saturated rings. The van der Waals surface area contributed by atoms with E-state index in [-0.39, 0.29) is 0 Å². The molecule has 0 radical (unpaired) electrons. The van der Waals surface area contributed by atoms with Gasteiger partial charge in [-0.05, 0) is 20.8 Å². The van der Waals surface area contributed by atoms with Crippen molar-refractivity contribution in [2.45, 2.75) is 63.5 Å². The fourth-order valence-corrected chi connectivity index (χ4v) is 0.668. The first-order valence-electron chi connectivity index (χ1n) is 8.13. The largest absolute Gasteiger partial charge is 0.479 e. The Labute approximate surface area is 175 Å². The number of aliphatic carboxylic acids is 4. The van der Waals surface area contributed by atoms with Crippen molar-refractivity contribution in [1.82, 2.24) is 0 Å². The third-order valence-corrected chi connectivity index (χ3v) is 2.58. The molecule has 31 heavy (non-hydrogen) atoms. The molecule has 0 saturated heterocycles. The number of carbonyl (C=O) groups is 4. The first kappa shape index (κ1) is 36.0. The summed E-state index contributed by atoms with van der Waals surface area (Å²) in [7, 11) is 0. The number of hydrogen-bond acceptors (Lipinski definition) is 12. The summed E-state index contributed by atoms with van der Waals surface area (Å²) in [5.74, 6) is -5.28. The maximum atomic E-state index is 10.1. The Morgan fingerprint density at radius 2 is 0.774 bits per heavy atom. The van der Waals surface area contributed by atoms with Gasteiger partial charge in [-0.15, -0.1) is 0 Å². The zero-order chi connectivity index (χ0) is 26.1. The van der Waals surface area contributed by atoms with Crippen LogP contribution < -0.4 is 0 Å². The van der Waals surface area contributed by atoms with Crippen LogP contribution in [-0.4, -0.2) is 134 Å². The lowest BCUT2D eigenvalue weighted by molar-refractivity contribution is -0.164. The molecular weight excluding hydrogens is 436 g/mol. The lowest BCUT2D eigenvalue weighted by Gasteiger charge is -2.23. The van der Waals surface area contributed by atoms with Crippen LogP contribution in [0.2, 0.25) is 0 Å². The minimum absolute atomic E-state index is 0.843. The van der Waals surface area contributed by atoms with E-state index in [4.69, 9.17) is 61.3 Å². The van der Waals surface area contributed by atoms with Gasteiger partial charge in [0.15, 0.2) is 6.10 Å². The molecular formula is C15H30O16. The first-order chi connectivity index (χ1) is 13.8. The van der Waals surface area contributed by atoms with Crippen molar-refractivity contribution in [2.24, 2.45) is 0 Å². The molecule has 16 nitrogen and oxygen atoms in total. The van der Waals surface area contributed by atoms with Gasteiger partial charge in [-0.2, -0.15) is 0 Å². The lowest BCUT2D eigenvalue weighted by atomic mass is 10.0. The fourth-order valence-electron chi connectivity index (χ4n) is 0.668. The quantitative estimate of drug-likeness (QED) is 0.159. The Morgan fingerprint density at radius 1 is 0.548 bits per heavy atom. The van der Waals surface area contributed by atoms with Gasteiger partial charge in [0.25, 0.3) is 0 Å². The maximum Gasteiger partial charge on any atom is 0.335 e. The van der Waals surface area contributed by atoms with Crippen LogP contribution in [0, 0.1) is 0 Å². The number of carboxylic acids is 4. The van der Waals surface area contributed by atoms with Crippen LogP contribution >= 0.6 is 0 Å². The van der Waals surface area contributed by atoms with Crippen molar-refractivity contribution >= 4 is 23.9 Å². The van der Waals surface area contributed by atoms with Gasteiger partial charge in [0.2, 0.25) is 0 Å². The molecule has 0 heterocycles. The molecule has 0 spiro atoms. The Hall–Kier alpha value is -2.44. The molecule has 16 heteroatoms. The summed E-state index contributed by atoms with van der Waals surface area (Å²) in [6, 6.07) is 0. The van der Waals surface area contributed by atoms with Crippen molar-refractivity contribution in [3.05, 3.63) is 0 Å². The normalized spacial score (nSPS) is 16.5. The molecule has 0 aliphatic carbocycles. The van der Waals surface area contributed by atoms with Crippen molar-refractivity contribution in [3.8, 4) is 0 Å². The summed E-state index contributed by atoms with van der Waals surface area (Å²) < 4.78 is 0. The molecule has 186 valence electrons. The maximum absolute atomic E-state index is 10.1. The second kappa shape index (κ2) is 19.5. The molecule has 0 bridgehead atoms. The monoisotopic (exact) mass is 466 g/mol.